The topological polar surface area (TPSA) is 24.9 Å². The van der Waals surface area contributed by atoms with E-state index in [4.69, 9.17) is 11.6 Å². The molecule has 0 bridgehead atoms. The fourth-order valence-electron chi connectivity index (χ4n) is 2.71. The van der Waals surface area contributed by atoms with Crippen LogP contribution < -0.4 is 5.32 Å². The van der Waals surface area contributed by atoms with Crippen molar-refractivity contribution in [1.82, 2.24) is 4.98 Å². The molecule has 96 valence electrons. The third-order valence-corrected chi connectivity index (χ3v) is 4.85. The Hall–Kier alpha value is -0.800. The normalized spacial score (nSPS) is 17.2. The largest absolute Gasteiger partial charge is 0.382 e. The maximum absolute atomic E-state index is 6.28. The third-order valence-electron chi connectivity index (χ3n) is 3.74. The highest BCUT2D eigenvalue weighted by Crippen LogP contribution is 2.33. The second-order valence-electron chi connectivity index (χ2n) is 5.01. The lowest BCUT2D eigenvalue weighted by Crippen LogP contribution is -2.17. The molecule has 4 heteroatoms. The van der Waals surface area contributed by atoms with Crippen molar-refractivity contribution in [2.75, 3.05) is 11.9 Å². The zero-order valence-corrected chi connectivity index (χ0v) is 11.9. The summed E-state index contributed by atoms with van der Waals surface area (Å²) in [5, 5.41) is 4.31. The number of rotatable bonds is 3. The average Bonchev–Trinajstić information content (AvgIpc) is 2.87. The van der Waals surface area contributed by atoms with Crippen LogP contribution in [-0.4, -0.2) is 11.5 Å². The molecule has 0 amide bonds. The predicted octanol–water partition coefficient (Wildman–Crippen LogP) is 4.94. The van der Waals surface area contributed by atoms with Crippen LogP contribution in [0.4, 0.5) is 5.69 Å². The first-order valence-corrected chi connectivity index (χ1v) is 7.86. The highest BCUT2D eigenvalue weighted by atomic mass is 35.5. The molecule has 2 nitrogen and oxygen atoms in total. The van der Waals surface area contributed by atoms with Crippen molar-refractivity contribution in [2.24, 2.45) is 5.92 Å². The summed E-state index contributed by atoms with van der Waals surface area (Å²) in [5.41, 5.74) is 3.91. The quantitative estimate of drug-likeness (QED) is 0.861. The minimum atomic E-state index is 0.782. The Morgan fingerprint density at radius 1 is 1.28 bits per heavy atom. The molecule has 0 radical (unpaired) electrons. The van der Waals surface area contributed by atoms with Gasteiger partial charge in [0.15, 0.2) is 0 Å². The molecule has 1 fully saturated rings. The van der Waals surface area contributed by atoms with E-state index in [0.717, 1.165) is 28.7 Å². The highest BCUT2D eigenvalue weighted by molar-refractivity contribution is 7.16. The zero-order chi connectivity index (χ0) is 12.4. The lowest BCUT2D eigenvalue weighted by atomic mass is 9.89. The van der Waals surface area contributed by atoms with Crippen LogP contribution in [0.3, 0.4) is 0 Å². The molecule has 1 N–H and O–H groups in total. The maximum Gasteiger partial charge on any atom is 0.106 e. The minimum absolute atomic E-state index is 0.782. The fraction of sp³-hybridized carbons (Fsp3) is 0.500. The maximum atomic E-state index is 6.28. The number of nitrogens with zero attached hydrogens (tertiary/aromatic N) is 1. The van der Waals surface area contributed by atoms with Crippen LogP contribution in [0.25, 0.3) is 10.2 Å². The highest BCUT2D eigenvalue weighted by Gasteiger charge is 2.15. The Balaban J connectivity index is 1.76. The van der Waals surface area contributed by atoms with Crippen LogP contribution in [-0.2, 0) is 0 Å². The smallest absolute Gasteiger partial charge is 0.106 e. The molecule has 18 heavy (non-hydrogen) atoms. The number of benzene rings is 1. The van der Waals surface area contributed by atoms with E-state index in [2.05, 4.69) is 10.3 Å². The van der Waals surface area contributed by atoms with Gasteiger partial charge in [0.05, 0.1) is 20.9 Å². The van der Waals surface area contributed by atoms with Crippen molar-refractivity contribution in [3.63, 3.8) is 0 Å². The third kappa shape index (κ3) is 2.47. The predicted molar refractivity (Wildman–Crippen MR) is 79.7 cm³/mol. The summed E-state index contributed by atoms with van der Waals surface area (Å²) in [4.78, 5) is 4.41. The van der Waals surface area contributed by atoms with E-state index in [1.54, 1.807) is 11.3 Å². The van der Waals surface area contributed by atoms with Crippen molar-refractivity contribution >= 4 is 38.8 Å². The van der Waals surface area contributed by atoms with Crippen LogP contribution >= 0.6 is 22.9 Å². The van der Waals surface area contributed by atoms with E-state index in [1.807, 2.05) is 17.6 Å². The lowest BCUT2D eigenvalue weighted by molar-refractivity contribution is 0.373. The fourth-order valence-corrected chi connectivity index (χ4v) is 3.62. The molecular formula is C14H17ClN2S. The Morgan fingerprint density at radius 3 is 2.94 bits per heavy atom. The first kappa shape index (κ1) is 12.2. The van der Waals surface area contributed by atoms with Crippen LogP contribution in [0.2, 0.25) is 5.02 Å². The average molecular weight is 281 g/mol. The first-order valence-electron chi connectivity index (χ1n) is 6.60. The molecule has 0 aliphatic heterocycles. The SMILES string of the molecule is Clc1ccc2scnc2c1NCC1CCCCC1. The zero-order valence-electron chi connectivity index (χ0n) is 10.3. The molecule has 1 aromatic carbocycles. The molecule has 0 atom stereocenters. The molecule has 1 aliphatic carbocycles. The number of nitrogens with one attached hydrogen (secondary N) is 1. The van der Waals surface area contributed by atoms with Crippen LogP contribution in [0.5, 0.6) is 0 Å². The summed E-state index contributed by atoms with van der Waals surface area (Å²) in [6, 6.07) is 4.01. The second-order valence-corrected chi connectivity index (χ2v) is 6.30. The van der Waals surface area contributed by atoms with Crippen molar-refractivity contribution < 1.29 is 0 Å². The second kappa shape index (κ2) is 5.45. The summed E-state index contributed by atoms with van der Waals surface area (Å²) < 4.78 is 1.20. The van der Waals surface area contributed by atoms with E-state index >= 15 is 0 Å². The Morgan fingerprint density at radius 2 is 2.11 bits per heavy atom. The first-order chi connectivity index (χ1) is 8.84. The van der Waals surface area contributed by atoms with Gasteiger partial charge in [-0.3, -0.25) is 0 Å². The number of hydrogen-bond donors (Lipinski definition) is 1. The van der Waals surface area contributed by atoms with Gasteiger partial charge in [-0.15, -0.1) is 11.3 Å². The van der Waals surface area contributed by atoms with Gasteiger partial charge in [-0.2, -0.15) is 0 Å². The molecule has 3 rings (SSSR count). The molecule has 1 heterocycles. The van der Waals surface area contributed by atoms with Gasteiger partial charge in [0.2, 0.25) is 0 Å². The van der Waals surface area contributed by atoms with Gasteiger partial charge in [-0.1, -0.05) is 30.9 Å². The number of anilines is 1. The molecule has 0 spiro atoms. The molecule has 2 aromatic rings. The van der Waals surface area contributed by atoms with Crippen LogP contribution in [0.1, 0.15) is 32.1 Å². The van der Waals surface area contributed by atoms with E-state index in [1.165, 1.54) is 36.8 Å². The Labute approximate surface area is 116 Å². The molecular weight excluding hydrogens is 264 g/mol. The standard InChI is InChI=1S/C14H17ClN2S/c15-11-6-7-12-14(17-9-18-12)13(11)16-8-10-4-2-1-3-5-10/h6-7,9-10,16H,1-5,8H2. The van der Waals surface area contributed by atoms with E-state index < -0.39 is 0 Å². The van der Waals surface area contributed by atoms with Gasteiger partial charge in [0.1, 0.15) is 5.52 Å². The molecule has 1 saturated carbocycles. The van der Waals surface area contributed by atoms with Gasteiger partial charge in [0.25, 0.3) is 0 Å². The summed E-state index contributed by atoms with van der Waals surface area (Å²) in [6.07, 6.45) is 6.84. The minimum Gasteiger partial charge on any atom is -0.382 e. The van der Waals surface area contributed by atoms with Crippen molar-refractivity contribution in [3.8, 4) is 0 Å². The molecule has 1 aliphatic rings. The molecule has 1 aromatic heterocycles. The van der Waals surface area contributed by atoms with Crippen LogP contribution in [0, 0.1) is 5.92 Å². The summed E-state index contributed by atoms with van der Waals surface area (Å²) in [6.45, 7) is 1.02. The van der Waals surface area contributed by atoms with Crippen molar-refractivity contribution in [3.05, 3.63) is 22.7 Å². The van der Waals surface area contributed by atoms with Crippen molar-refractivity contribution in [2.45, 2.75) is 32.1 Å². The number of aromatic nitrogens is 1. The van der Waals surface area contributed by atoms with Gasteiger partial charge in [-0.05, 0) is 30.9 Å². The lowest BCUT2D eigenvalue weighted by Gasteiger charge is -2.22. The van der Waals surface area contributed by atoms with Gasteiger partial charge in [0, 0.05) is 6.54 Å². The Bertz CT molecular complexity index is 532. The number of hydrogen-bond acceptors (Lipinski definition) is 3. The number of halogens is 1. The van der Waals surface area contributed by atoms with Gasteiger partial charge in [-0.25, -0.2) is 4.98 Å². The van der Waals surface area contributed by atoms with Crippen LogP contribution in [0.15, 0.2) is 17.6 Å². The monoisotopic (exact) mass is 280 g/mol. The van der Waals surface area contributed by atoms with Gasteiger partial charge >= 0.3 is 0 Å². The van der Waals surface area contributed by atoms with E-state index in [-0.39, 0.29) is 0 Å². The summed E-state index contributed by atoms with van der Waals surface area (Å²) >= 11 is 7.94. The van der Waals surface area contributed by atoms with E-state index in [9.17, 15) is 0 Å². The molecule has 0 unspecified atom stereocenters. The molecule has 0 saturated heterocycles. The number of thiazole rings is 1. The van der Waals surface area contributed by atoms with Crippen molar-refractivity contribution in [1.29, 1.82) is 0 Å². The summed E-state index contributed by atoms with van der Waals surface area (Å²) in [5.74, 6) is 0.795. The van der Waals surface area contributed by atoms with E-state index in [0.29, 0.717) is 0 Å². The van der Waals surface area contributed by atoms with Gasteiger partial charge < -0.3 is 5.32 Å². The Kier molecular flexibility index (Phi) is 3.71. The number of fused-ring (bicyclic) bond motifs is 1. The summed E-state index contributed by atoms with van der Waals surface area (Å²) in [7, 11) is 0.